The van der Waals surface area contributed by atoms with Crippen LogP contribution >= 0.6 is 15.9 Å². The van der Waals surface area contributed by atoms with Crippen molar-refractivity contribution in [2.45, 2.75) is 18.4 Å². The number of hydrogen-bond donors (Lipinski definition) is 0. The smallest absolute Gasteiger partial charge is 0.236 e. The van der Waals surface area contributed by atoms with Crippen LogP contribution in [0.5, 0.6) is 0 Å². The largest absolute Gasteiger partial charge is 0.416 e. The fourth-order valence-electron chi connectivity index (χ4n) is 1.60. The first-order valence-electron chi connectivity index (χ1n) is 5.48. The van der Waals surface area contributed by atoms with Crippen molar-refractivity contribution in [3.63, 3.8) is 0 Å². The van der Waals surface area contributed by atoms with E-state index < -0.39 is 11.7 Å². The van der Waals surface area contributed by atoms with Crippen molar-refractivity contribution >= 4 is 15.9 Å². The number of rotatable bonds is 2. The summed E-state index contributed by atoms with van der Waals surface area (Å²) in [6.45, 7) is 1.80. The van der Waals surface area contributed by atoms with E-state index >= 15 is 0 Å². The highest BCUT2D eigenvalue weighted by Gasteiger charge is 2.30. The molecule has 0 aliphatic carbocycles. The summed E-state index contributed by atoms with van der Waals surface area (Å²) in [5.41, 5.74) is 1.32. The van der Waals surface area contributed by atoms with Crippen molar-refractivity contribution in [2.75, 3.05) is 0 Å². The van der Waals surface area contributed by atoms with E-state index in [4.69, 9.17) is 0 Å². The summed E-state index contributed by atoms with van der Waals surface area (Å²) in [5, 5.41) is 0.613. The Labute approximate surface area is 116 Å². The summed E-state index contributed by atoms with van der Waals surface area (Å²) in [6.07, 6.45) is -2.74. The summed E-state index contributed by atoms with van der Waals surface area (Å²) in [4.78, 5) is 8.32. The fraction of sp³-hybridized carbons (Fsp3) is 0.231. The van der Waals surface area contributed by atoms with E-state index in [1.165, 1.54) is 6.07 Å². The molecule has 0 unspecified atom stereocenters. The van der Waals surface area contributed by atoms with Crippen molar-refractivity contribution < 1.29 is 13.2 Å². The van der Waals surface area contributed by atoms with E-state index in [1.54, 1.807) is 19.2 Å². The summed E-state index contributed by atoms with van der Waals surface area (Å²) >= 11 is 3.30. The Morgan fingerprint density at radius 1 is 1.26 bits per heavy atom. The molecule has 19 heavy (non-hydrogen) atoms. The van der Waals surface area contributed by atoms with E-state index in [2.05, 4.69) is 25.9 Å². The van der Waals surface area contributed by atoms with Crippen LogP contribution in [0.3, 0.4) is 0 Å². The maximum atomic E-state index is 12.6. The predicted octanol–water partition coefficient (Wildman–Crippen LogP) is 4.37. The normalized spacial score (nSPS) is 11.6. The Kier molecular flexibility index (Phi) is 3.89. The molecule has 1 heterocycles. The Balaban J connectivity index is 2.45. The molecule has 6 heteroatoms. The van der Waals surface area contributed by atoms with Gasteiger partial charge in [0.1, 0.15) is 0 Å². The lowest BCUT2D eigenvalue weighted by Gasteiger charge is -2.09. The zero-order chi connectivity index (χ0) is 14.0. The lowest BCUT2D eigenvalue weighted by atomic mass is 10.1. The molecule has 0 saturated heterocycles. The van der Waals surface area contributed by atoms with Crippen molar-refractivity contribution in [3.05, 3.63) is 47.3 Å². The average molecular weight is 331 g/mol. The minimum Gasteiger partial charge on any atom is -0.236 e. The SMILES string of the molecule is Cc1nc(-c2cccc(C(F)(F)F)c2)ncc1CBr. The van der Waals surface area contributed by atoms with Gasteiger partial charge in [0.15, 0.2) is 5.82 Å². The van der Waals surface area contributed by atoms with Crippen molar-refractivity contribution in [1.29, 1.82) is 0 Å². The quantitative estimate of drug-likeness (QED) is 0.764. The Bertz CT molecular complexity index is 597. The van der Waals surface area contributed by atoms with Crippen LogP contribution in [0.25, 0.3) is 11.4 Å². The van der Waals surface area contributed by atoms with Gasteiger partial charge in [-0.1, -0.05) is 28.1 Å². The molecule has 100 valence electrons. The van der Waals surface area contributed by atoms with Gasteiger partial charge in [-0.3, -0.25) is 0 Å². The second kappa shape index (κ2) is 5.28. The van der Waals surface area contributed by atoms with Crippen LogP contribution in [-0.2, 0) is 11.5 Å². The first kappa shape index (κ1) is 14.0. The van der Waals surface area contributed by atoms with Crippen LogP contribution in [-0.4, -0.2) is 9.97 Å². The summed E-state index contributed by atoms with van der Waals surface area (Å²) in [7, 11) is 0. The van der Waals surface area contributed by atoms with Gasteiger partial charge in [-0.25, -0.2) is 9.97 Å². The van der Waals surface area contributed by atoms with Gasteiger partial charge in [0.25, 0.3) is 0 Å². The number of nitrogens with zero attached hydrogens (tertiary/aromatic N) is 2. The molecule has 0 fully saturated rings. The van der Waals surface area contributed by atoms with Crippen molar-refractivity contribution in [1.82, 2.24) is 9.97 Å². The topological polar surface area (TPSA) is 25.8 Å². The summed E-state index contributed by atoms with van der Waals surface area (Å²) in [5.74, 6) is 0.299. The summed E-state index contributed by atoms with van der Waals surface area (Å²) < 4.78 is 37.9. The lowest BCUT2D eigenvalue weighted by Crippen LogP contribution is -2.05. The molecular formula is C13H10BrF3N2. The van der Waals surface area contributed by atoms with E-state index in [-0.39, 0.29) is 0 Å². The molecule has 2 aromatic rings. The molecule has 0 aliphatic rings. The molecule has 0 amide bonds. The number of halogens is 4. The molecule has 0 bridgehead atoms. The average Bonchev–Trinajstić information content (AvgIpc) is 2.38. The van der Waals surface area contributed by atoms with Crippen LogP contribution in [0.15, 0.2) is 30.5 Å². The number of alkyl halides is 4. The van der Waals surface area contributed by atoms with Gasteiger partial charge in [0.2, 0.25) is 0 Å². The second-order valence-electron chi connectivity index (χ2n) is 4.02. The van der Waals surface area contributed by atoms with Gasteiger partial charge >= 0.3 is 6.18 Å². The summed E-state index contributed by atoms with van der Waals surface area (Å²) in [6, 6.07) is 5.01. The molecular weight excluding hydrogens is 321 g/mol. The molecule has 1 aromatic carbocycles. The van der Waals surface area contributed by atoms with Crippen molar-refractivity contribution in [3.8, 4) is 11.4 Å². The Morgan fingerprint density at radius 2 is 2.00 bits per heavy atom. The third-order valence-corrected chi connectivity index (χ3v) is 3.28. The molecule has 0 atom stereocenters. The zero-order valence-corrected chi connectivity index (χ0v) is 11.6. The van der Waals surface area contributed by atoms with Crippen LogP contribution in [0, 0.1) is 6.92 Å². The minimum atomic E-state index is -4.36. The van der Waals surface area contributed by atoms with Gasteiger partial charge in [-0.15, -0.1) is 0 Å². The maximum absolute atomic E-state index is 12.6. The molecule has 0 saturated carbocycles. The van der Waals surface area contributed by atoms with Crippen LogP contribution in [0.4, 0.5) is 13.2 Å². The first-order chi connectivity index (χ1) is 8.91. The molecule has 0 radical (unpaired) electrons. The number of benzene rings is 1. The van der Waals surface area contributed by atoms with Crippen LogP contribution in [0.2, 0.25) is 0 Å². The molecule has 0 N–H and O–H groups in total. The fourth-order valence-corrected chi connectivity index (χ4v) is 2.15. The third kappa shape index (κ3) is 3.12. The molecule has 2 nitrogen and oxygen atoms in total. The minimum absolute atomic E-state index is 0.299. The van der Waals surface area contributed by atoms with Gasteiger partial charge < -0.3 is 0 Å². The molecule has 2 rings (SSSR count). The first-order valence-corrected chi connectivity index (χ1v) is 6.60. The van der Waals surface area contributed by atoms with Gasteiger partial charge in [-0.2, -0.15) is 13.2 Å². The molecule has 0 aliphatic heterocycles. The zero-order valence-electron chi connectivity index (χ0n) is 10.0. The molecule has 0 spiro atoms. The highest BCUT2D eigenvalue weighted by atomic mass is 79.9. The van der Waals surface area contributed by atoms with Gasteiger partial charge in [0.05, 0.1) is 5.56 Å². The second-order valence-corrected chi connectivity index (χ2v) is 4.58. The predicted molar refractivity (Wildman–Crippen MR) is 69.8 cm³/mol. The van der Waals surface area contributed by atoms with E-state index in [0.29, 0.717) is 16.7 Å². The van der Waals surface area contributed by atoms with Gasteiger partial charge in [-0.05, 0) is 19.1 Å². The van der Waals surface area contributed by atoms with Gasteiger partial charge in [0, 0.05) is 28.3 Å². The highest BCUT2D eigenvalue weighted by molar-refractivity contribution is 9.08. The Hall–Kier alpha value is -1.43. The highest BCUT2D eigenvalue weighted by Crippen LogP contribution is 2.31. The van der Waals surface area contributed by atoms with Crippen molar-refractivity contribution in [2.24, 2.45) is 0 Å². The molecule has 1 aromatic heterocycles. The number of hydrogen-bond acceptors (Lipinski definition) is 2. The number of aromatic nitrogens is 2. The van der Waals surface area contributed by atoms with Crippen LogP contribution in [0.1, 0.15) is 16.8 Å². The lowest BCUT2D eigenvalue weighted by molar-refractivity contribution is -0.137. The van der Waals surface area contributed by atoms with E-state index in [9.17, 15) is 13.2 Å². The standard InChI is InChI=1S/C13H10BrF3N2/c1-8-10(6-14)7-18-12(19-8)9-3-2-4-11(5-9)13(15,16)17/h2-5,7H,6H2,1H3. The van der Waals surface area contributed by atoms with Crippen LogP contribution < -0.4 is 0 Å². The van der Waals surface area contributed by atoms with E-state index in [0.717, 1.165) is 23.4 Å². The maximum Gasteiger partial charge on any atom is 0.416 e. The van der Waals surface area contributed by atoms with E-state index in [1.807, 2.05) is 0 Å². The number of aryl methyl sites for hydroxylation is 1. The Morgan fingerprint density at radius 3 is 2.58 bits per heavy atom. The third-order valence-electron chi connectivity index (χ3n) is 2.67. The monoisotopic (exact) mass is 330 g/mol.